The zero-order chi connectivity index (χ0) is 14.9. The lowest BCUT2D eigenvalue weighted by atomic mass is 10.2. The summed E-state index contributed by atoms with van der Waals surface area (Å²) < 4.78 is 41.2. The predicted octanol–water partition coefficient (Wildman–Crippen LogP) is 4.30. The fourth-order valence-electron chi connectivity index (χ4n) is 1.52. The molecule has 20 heavy (non-hydrogen) atoms. The summed E-state index contributed by atoms with van der Waals surface area (Å²) in [6.45, 7) is 1.87. The van der Waals surface area contributed by atoms with Gasteiger partial charge in [0.05, 0.1) is 14.2 Å². The molecule has 0 saturated carbocycles. The number of anilines is 1. The Morgan fingerprint density at radius 3 is 2.40 bits per heavy atom. The third-order valence-corrected chi connectivity index (χ3v) is 5.45. The van der Waals surface area contributed by atoms with Crippen LogP contribution in [0.25, 0.3) is 0 Å². The van der Waals surface area contributed by atoms with Gasteiger partial charge in [0, 0.05) is 10.5 Å². The van der Waals surface area contributed by atoms with E-state index in [0.29, 0.717) is 8.04 Å². The molecule has 0 aliphatic rings. The van der Waals surface area contributed by atoms with Crippen LogP contribution in [0.15, 0.2) is 45.8 Å². The van der Waals surface area contributed by atoms with Gasteiger partial charge in [0.25, 0.3) is 10.0 Å². The molecule has 2 aromatic rings. The van der Waals surface area contributed by atoms with Gasteiger partial charge < -0.3 is 0 Å². The first-order chi connectivity index (χ1) is 9.29. The third-order valence-electron chi connectivity index (χ3n) is 2.59. The molecule has 0 aliphatic heterocycles. The van der Waals surface area contributed by atoms with Gasteiger partial charge in [0.15, 0.2) is 0 Å². The number of rotatable bonds is 3. The van der Waals surface area contributed by atoms with Crippen LogP contribution < -0.4 is 4.72 Å². The minimum absolute atomic E-state index is 0.133. The zero-order valence-corrected chi connectivity index (χ0v) is 14.9. The number of aryl methyl sites for hydroxylation is 1. The molecule has 1 N–H and O–H groups in total. The zero-order valence-electron chi connectivity index (χ0n) is 10.3. The van der Waals surface area contributed by atoms with E-state index in [1.165, 1.54) is 18.2 Å². The lowest BCUT2D eigenvalue weighted by Gasteiger charge is -2.11. The number of hydrogen-bond donors (Lipinski definition) is 1. The first-order valence-electron chi connectivity index (χ1n) is 5.53. The first kappa shape index (κ1) is 15.7. The fraction of sp³-hybridized carbons (Fsp3) is 0.0769. The van der Waals surface area contributed by atoms with E-state index in [9.17, 15) is 12.8 Å². The fourth-order valence-corrected chi connectivity index (χ4v) is 4.06. The van der Waals surface area contributed by atoms with Crippen molar-refractivity contribution in [1.29, 1.82) is 0 Å². The first-order valence-corrected chi connectivity index (χ1v) is 8.89. The summed E-state index contributed by atoms with van der Waals surface area (Å²) in [5.74, 6) is -0.476. The molecule has 106 valence electrons. The molecule has 3 nitrogen and oxygen atoms in total. The second-order valence-corrected chi connectivity index (χ2v) is 7.86. The molecule has 0 atom stereocenters. The van der Waals surface area contributed by atoms with Gasteiger partial charge in [-0.15, -0.1) is 0 Å². The smallest absolute Gasteiger partial charge is 0.261 e. The summed E-state index contributed by atoms with van der Waals surface area (Å²) in [6.07, 6.45) is 0. The van der Waals surface area contributed by atoms with Crippen molar-refractivity contribution in [2.75, 3.05) is 4.72 Å². The molecule has 0 saturated heterocycles. The Hall–Kier alpha value is -0.670. The van der Waals surface area contributed by atoms with E-state index >= 15 is 0 Å². The Bertz CT molecular complexity index is 748. The SMILES string of the molecule is Cc1ccc(S(=O)(=O)Nc2cc(F)c(I)cc2Br)cc1. The van der Waals surface area contributed by atoms with Gasteiger partial charge in [-0.05, 0) is 63.6 Å². The lowest BCUT2D eigenvalue weighted by molar-refractivity contribution is 0.601. The Morgan fingerprint density at radius 1 is 1.20 bits per heavy atom. The number of halogens is 3. The molecular formula is C13H10BrFINO2S. The van der Waals surface area contributed by atoms with E-state index in [0.717, 1.165) is 11.6 Å². The van der Waals surface area contributed by atoms with Crippen LogP contribution in [0.1, 0.15) is 5.56 Å². The monoisotopic (exact) mass is 469 g/mol. The van der Waals surface area contributed by atoms with E-state index < -0.39 is 15.8 Å². The Kier molecular flexibility index (Phi) is 4.70. The molecular weight excluding hydrogens is 460 g/mol. The molecule has 0 heterocycles. The molecule has 0 aliphatic carbocycles. The van der Waals surface area contributed by atoms with Crippen LogP contribution in [-0.4, -0.2) is 8.42 Å². The largest absolute Gasteiger partial charge is 0.278 e. The molecule has 0 unspecified atom stereocenters. The molecule has 2 aromatic carbocycles. The van der Waals surface area contributed by atoms with Crippen LogP contribution in [0.3, 0.4) is 0 Å². The summed E-state index contributed by atoms with van der Waals surface area (Å²) >= 11 is 5.06. The Balaban J connectivity index is 2.38. The minimum atomic E-state index is -3.73. The summed E-state index contributed by atoms with van der Waals surface area (Å²) in [6, 6.07) is 9.10. The second-order valence-electron chi connectivity index (χ2n) is 4.16. The molecule has 0 fully saturated rings. The highest BCUT2D eigenvalue weighted by Crippen LogP contribution is 2.28. The lowest BCUT2D eigenvalue weighted by Crippen LogP contribution is -2.13. The number of nitrogens with one attached hydrogen (secondary N) is 1. The summed E-state index contributed by atoms with van der Waals surface area (Å²) in [5, 5.41) is 0. The highest BCUT2D eigenvalue weighted by molar-refractivity contribution is 14.1. The quantitative estimate of drug-likeness (QED) is 0.538. The van der Waals surface area contributed by atoms with Gasteiger partial charge in [0.1, 0.15) is 5.82 Å². The van der Waals surface area contributed by atoms with Crippen LogP contribution in [0.5, 0.6) is 0 Å². The third kappa shape index (κ3) is 3.50. The van der Waals surface area contributed by atoms with E-state index in [4.69, 9.17) is 0 Å². The van der Waals surface area contributed by atoms with Crippen LogP contribution >= 0.6 is 38.5 Å². The van der Waals surface area contributed by atoms with Gasteiger partial charge in [-0.3, -0.25) is 4.72 Å². The van der Waals surface area contributed by atoms with Gasteiger partial charge in [-0.1, -0.05) is 17.7 Å². The van der Waals surface area contributed by atoms with Crippen LogP contribution in [0.2, 0.25) is 0 Å². The van der Waals surface area contributed by atoms with E-state index in [1.54, 1.807) is 12.1 Å². The van der Waals surface area contributed by atoms with Crippen LogP contribution in [-0.2, 0) is 10.0 Å². The van der Waals surface area contributed by atoms with Crippen molar-refractivity contribution in [1.82, 2.24) is 0 Å². The maximum atomic E-state index is 13.5. The van der Waals surface area contributed by atoms with Gasteiger partial charge in [0.2, 0.25) is 0 Å². The van der Waals surface area contributed by atoms with Crippen molar-refractivity contribution < 1.29 is 12.8 Å². The normalized spacial score (nSPS) is 11.4. The molecule has 2 rings (SSSR count). The summed E-state index contributed by atoms with van der Waals surface area (Å²) in [4.78, 5) is 0.133. The number of benzene rings is 2. The van der Waals surface area contributed by atoms with Crippen molar-refractivity contribution in [3.8, 4) is 0 Å². The standard InChI is InChI=1S/C13H10BrFINO2S/c1-8-2-4-9(5-3-8)20(18,19)17-13-7-11(15)12(16)6-10(13)14/h2-7,17H,1H3. The maximum Gasteiger partial charge on any atom is 0.261 e. The molecule has 0 spiro atoms. The maximum absolute atomic E-state index is 13.5. The number of sulfonamides is 1. The summed E-state index contributed by atoms with van der Waals surface area (Å²) in [5.41, 5.74) is 1.13. The highest BCUT2D eigenvalue weighted by atomic mass is 127. The molecule has 0 aromatic heterocycles. The van der Waals surface area contributed by atoms with Crippen molar-refractivity contribution in [2.24, 2.45) is 0 Å². The topological polar surface area (TPSA) is 46.2 Å². The average Bonchev–Trinajstić information content (AvgIpc) is 2.36. The van der Waals surface area contributed by atoms with Crippen molar-refractivity contribution >= 4 is 54.2 Å². The molecule has 0 bridgehead atoms. The minimum Gasteiger partial charge on any atom is -0.278 e. The second kappa shape index (κ2) is 5.98. The van der Waals surface area contributed by atoms with Gasteiger partial charge >= 0.3 is 0 Å². The molecule has 7 heteroatoms. The predicted molar refractivity (Wildman–Crippen MR) is 88.8 cm³/mol. The molecule has 0 radical (unpaired) electrons. The van der Waals surface area contributed by atoms with Crippen LogP contribution in [0.4, 0.5) is 10.1 Å². The van der Waals surface area contributed by atoms with Gasteiger partial charge in [-0.2, -0.15) is 0 Å². The summed E-state index contributed by atoms with van der Waals surface area (Å²) in [7, 11) is -3.73. The van der Waals surface area contributed by atoms with Crippen molar-refractivity contribution in [3.05, 3.63) is 55.8 Å². The Morgan fingerprint density at radius 2 is 1.80 bits per heavy atom. The highest BCUT2D eigenvalue weighted by Gasteiger charge is 2.16. The van der Waals surface area contributed by atoms with Gasteiger partial charge in [-0.25, -0.2) is 12.8 Å². The molecule has 0 amide bonds. The average molecular weight is 470 g/mol. The van der Waals surface area contributed by atoms with E-state index in [1.807, 2.05) is 29.5 Å². The van der Waals surface area contributed by atoms with Crippen LogP contribution in [0, 0.1) is 16.3 Å². The van der Waals surface area contributed by atoms with E-state index in [2.05, 4.69) is 20.7 Å². The Labute approximate surface area is 138 Å². The van der Waals surface area contributed by atoms with Crippen molar-refractivity contribution in [3.63, 3.8) is 0 Å². The van der Waals surface area contributed by atoms with Crippen molar-refractivity contribution in [2.45, 2.75) is 11.8 Å². The van der Waals surface area contributed by atoms with E-state index in [-0.39, 0.29) is 10.6 Å². The number of hydrogen-bond acceptors (Lipinski definition) is 2.